The summed E-state index contributed by atoms with van der Waals surface area (Å²) < 4.78 is 6.31. The molecule has 7 aromatic carbocycles. The monoisotopic (exact) mass is 734 g/mol. The van der Waals surface area contributed by atoms with Crippen molar-refractivity contribution in [3.8, 4) is 5.75 Å². The van der Waals surface area contributed by atoms with Gasteiger partial charge in [0.2, 0.25) is 0 Å². The van der Waals surface area contributed by atoms with Crippen LogP contribution < -0.4 is 14.5 Å². The van der Waals surface area contributed by atoms with Crippen molar-refractivity contribution in [1.82, 2.24) is 0 Å². The van der Waals surface area contributed by atoms with Crippen LogP contribution in [-0.2, 0) is 0 Å². The summed E-state index contributed by atoms with van der Waals surface area (Å²) in [5.74, 6) is 1.44. The molecule has 0 amide bonds. The van der Waals surface area contributed by atoms with E-state index in [0.717, 1.165) is 39.9 Å². The molecule has 7 aromatic rings. The van der Waals surface area contributed by atoms with Gasteiger partial charge in [-0.2, -0.15) is 0 Å². The van der Waals surface area contributed by atoms with Crippen LogP contribution in [-0.4, -0.2) is 7.11 Å². The fourth-order valence-electron chi connectivity index (χ4n) is 7.98. The van der Waals surface area contributed by atoms with Crippen molar-refractivity contribution in [1.29, 1.82) is 0 Å². The number of hydrogen-bond donors (Lipinski definition) is 0. The third-order valence-corrected chi connectivity index (χ3v) is 10.9. The van der Waals surface area contributed by atoms with E-state index in [2.05, 4.69) is 212 Å². The summed E-state index contributed by atoms with van der Waals surface area (Å²) in [6.07, 6.45) is 7.33. The Kier molecular flexibility index (Phi) is 13.0. The van der Waals surface area contributed by atoms with Crippen molar-refractivity contribution in [3.05, 3.63) is 210 Å². The first-order chi connectivity index (χ1) is 27.7. The van der Waals surface area contributed by atoms with E-state index >= 15 is 0 Å². The quantitative estimate of drug-likeness (QED) is 0.0867. The van der Waals surface area contributed by atoms with Gasteiger partial charge in [0, 0.05) is 45.6 Å². The predicted octanol–water partition coefficient (Wildman–Crippen LogP) is 15.3. The standard InChI is InChI=1S/C53H54N2O/c1-4-6-20-41(21-7-5-2)44-34-39-51(52(40-44)56-3)53(42-30-35-49(36-31-42)54(45-22-12-8-13-23-45)46-24-14-9-15-25-46)43-32-37-50(38-33-43)55(47-26-16-10-17-27-47)48-28-18-11-19-29-48/h8-19,22-41,53H,4-7,20-21H2,1-3H3. The van der Waals surface area contributed by atoms with E-state index in [1.54, 1.807) is 0 Å². The maximum Gasteiger partial charge on any atom is 0.123 e. The molecule has 0 radical (unpaired) electrons. The summed E-state index contributed by atoms with van der Waals surface area (Å²) >= 11 is 0. The Morgan fingerprint density at radius 1 is 0.411 bits per heavy atom. The number of ether oxygens (including phenoxy) is 1. The second-order valence-corrected chi connectivity index (χ2v) is 14.6. The van der Waals surface area contributed by atoms with E-state index < -0.39 is 0 Å². The van der Waals surface area contributed by atoms with Gasteiger partial charge >= 0.3 is 0 Å². The molecule has 0 atom stereocenters. The zero-order chi connectivity index (χ0) is 38.5. The molecule has 0 spiro atoms. The lowest BCUT2D eigenvalue weighted by molar-refractivity contribution is 0.407. The third kappa shape index (κ3) is 8.90. The molecular weight excluding hydrogens is 681 g/mol. The average Bonchev–Trinajstić information content (AvgIpc) is 3.27. The zero-order valence-corrected chi connectivity index (χ0v) is 33.1. The first-order valence-electron chi connectivity index (χ1n) is 20.4. The molecule has 0 N–H and O–H groups in total. The maximum atomic E-state index is 6.31. The SMILES string of the molecule is CCCCC(CCCC)c1ccc(C(c2ccc(N(c3ccccc3)c3ccccc3)cc2)c2ccc(N(c3ccccc3)c3ccccc3)cc2)c(OC)c1. The molecule has 0 unspecified atom stereocenters. The Bertz CT molecular complexity index is 1990. The number of rotatable bonds is 17. The molecule has 7 rings (SSSR count). The minimum absolute atomic E-state index is 0.0457. The minimum atomic E-state index is -0.0457. The third-order valence-electron chi connectivity index (χ3n) is 10.9. The number of para-hydroxylation sites is 4. The number of methoxy groups -OCH3 is 1. The summed E-state index contributed by atoms with van der Waals surface area (Å²) in [7, 11) is 1.83. The molecule has 0 fully saturated rings. The molecule has 0 aliphatic carbocycles. The molecule has 0 aromatic heterocycles. The zero-order valence-electron chi connectivity index (χ0n) is 33.1. The van der Waals surface area contributed by atoms with Crippen LogP contribution in [0.1, 0.15) is 86.5 Å². The van der Waals surface area contributed by atoms with E-state index in [4.69, 9.17) is 4.74 Å². The number of unbranched alkanes of at least 4 members (excludes halogenated alkanes) is 2. The van der Waals surface area contributed by atoms with E-state index in [0.29, 0.717) is 5.92 Å². The highest BCUT2D eigenvalue weighted by Gasteiger charge is 2.24. The van der Waals surface area contributed by atoms with Gasteiger partial charge in [0.25, 0.3) is 0 Å². The van der Waals surface area contributed by atoms with Crippen LogP contribution in [0, 0.1) is 0 Å². The largest absolute Gasteiger partial charge is 0.496 e. The summed E-state index contributed by atoms with van der Waals surface area (Å²) in [6, 6.07) is 67.7. The van der Waals surface area contributed by atoms with Gasteiger partial charge in [0.05, 0.1) is 7.11 Å². The lowest BCUT2D eigenvalue weighted by Gasteiger charge is -2.28. The molecule has 0 bridgehead atoms. The van der Waals surface area contributed by atoms with E-state index in [1.807, 2.05) is 7.11 Å². The molecule has 0 aliphatic heterocycles. The maximum absolute atomic E-state index is 6.31. The van der Waals surface area contributed by atoms with Gasteiger partial charge in [-0.1, -0.05) is 149 Å². The average molecular weight is 735 g/mol. The van der Waals surface area contributed by atoms with Crippen molar-refractivity contribution in [3.63, 3.8) is 0 Å². The molecule has 0 heterocycles. The van der Waals surface area contributed by atoms with Crippen LogP contribution in [0.15, 0.2) is 188 Å². The molecule has 0 saturated carbocycles. The molecule has 3 nitrogen and oxygen atoms in total. The van der Waals surface area contributed by atoms with Crippen molar-refractivity contribution < 1.29 is 4.74 Å². The van der Waals surface area contributed by atoms with Crippen molar-refractivity contribution in [2.45, 2.75) is 64.2 Å². The van der Waals surface area contributed by atoms with Crippen LogP contribution in [0.4, 0.5) is 34.1 Å². The number of hydrogen-bond acceptors (Lipinski definition) is 3. The highest BCUT2D eigenvalue weighted by molar-refractivity contribution is 5.78. The Morgan fingerprint density at radius 3 is 1.09 bits per heavy atom. The Morgan fingerprint density at radius 2 is 0.750 bits per heavy atom. The van der Waals surface area contributed by atoms with Crippen LogP contribution in [0.3, 0.4) is 0 Å². The fourth-order valence-corrected chi connectivity index (χ4v) is 7.98. The van der Waals surface area contributed by atoms with Gasteiger partial charge in [0.1, 0.15) is 5.75 Å². The van der Waals surface area contributed by atoms with Gasteiger partial charge in [-0.3, -0.25) is 0 Å². The van der Waals surface area contributed by atoms with Gasteiger partial charge in [-0.25, -0.2) is 0 Å². The lowest BCUT2D eigenvalue weighted by atomic mass is 9.82. The second-order valence-electron chi connectivity index (χ2n) is 14.6. The van der Waals surface area contributed by atoms with E-state index in [-0.39, 0.29) is 5.92 Å². The normalized spacial score (nSPS) is 11.2. The minimum Gasteiger partial charge on any atom is -0.496 e. The van der Waals surface area contributed by atoms with Crippen molar-refractivity contribution >= 4 is 34.1 Å². The Hall–Kier alpha value is -6.06. The lowest BCUT2D eigenvalue weighted by Crippen LogP contribution is -2.12. The highest BCUT2D eigenvalue weighted by Crippen LogP contribution is 2.43. The van der Waals surface area contributed by atoms with E-state index in [9.17, 15) is 0 Å². The molecule has 282 valence electrons. The van der Waals surface area contributed by atoms with Crippen LogP contribution in [0.2, 0.25) is 0 Å². The summed E-state index contributed by atoms with van der Waals surface area (Å²) in [4.78, 5) is 4.63. The van der Waals surface area contributed by atoms with Crippen LogP contribution in [0.5, 0.6) is 5.75 Å². The fraction of sp³-hybridized carbons (Fsp3) is 0.208. The topological polar surface area (TPSA) is 15.7 Å². The van der Waals surface area contributed by atoms with Gasteiger partial charge < -0.3 is 14.5 Å². The Balaban J connectivity index is 1.32. The van der Waals surface area contributed by atoms with E-state index in [1.165, 1.54) is 60.8 Å². The number of benzene rings is 7. The van der Waals surface area contributed by atoms with Crippen molar-refractivity contribution in [2.75, 3.05) is 16.9 Å². The highest BCUT2D eigenvalue weighted by atomic mass is 16.5. The first kappa shape index (κ1) is 38.2. The number of nitrogens with zero attached hydrogens (tertiary/aromatic N) is 2. The predicted molar refractivity (Wildman–Crippen MR) is 238 cm³/mol. The van der Waals surface area contributed by atoms with Crippen LogP contribution >= 0.6 is 0 Å². The van der Waals surface area contributed by atoms with Crippen molar-refractivity contribution in [2.24, 2.45) is 0 Å². The van der Waals surface area contributed by atoms with Gasteiger partial charge in [0.15, 0.2) is 0 Å². The first-order valence-corrected chi connectivity index (χ1v) is 20.4. The molecule has 56 heavy (non-hydrogen) atoms. The molecule has 0 saturated heterocycles. The molecule has 0 aliphatic rings. The van der Waals surface area contributed by atoms with Gasteiger partial charge in [-0.05, 0) is 114 Å². The molecule has 3 heteroatoms. The number of anilines is 6. The van der Waals surface area contributed by atoms with Gasteiger partial charge in [-0.15, -0.1) is 0 Å². The second kappa shape index (κ2) is 19.0. The Labute approximate surface area is 334 Å². The molecular formula is C53H54N2O. The van der Waals surface area contributed by atoms with Crippen LogP contribution in [0.25, 0.3) is 0 Å². The summed E-state index contributed by atoms with van der Waals surface area (Å²) in [5.41, 5.74) is 11.7. The smallest absolute Gasteiger partial charge is 0.123 e. The summed E-state index contributed by atoms with van der Waals surface area (Å²) in [6.45, 7) is 4.58. The summed E-state index contributed by atoms with van der Waals surface area (Å²) in [5, 5.41) is 0.